The molecule has 0 bridgehead atoms. The van der Waals surface area contributed by atoms with E-state index in [2.05, 4.69) is 5.32 Å². The van der Waals surface area contributed by atoms with Crippen molar-refractivity contribution in [2.45, 2.75) is 24.3 Å². The Morgan fingerprint density at radius 3 is 2.64 bits per heavy atom. The molecule has 1 amide bonds. The highest BCUT2D eigenvalue weighted by Crippen LogP contribution is 2.32. The third-order valence-electron chi connectivity index (χ3n) is 4.86. The van der Waals surface area contributed by atoms with E-state index in [0.717, 1.165) is 22.0 Å². The van der Waals surface area contributed by atoms with Crippen LogP contribution in [-0.4, -0.2) is 52.4 Å². The monoisotopic (exact) mass is 403 g/mol. The van der Waals surface area contributed by atoms with Crippen LogP contribution < -0.4 is 15.0 Å². The Hall–Kier alpha value is -2.58. The van der Waals surface area contributed by atoms with Crippen molar-refractivity contribution in [1.29, 1.82) is 0 Å². The summed E-state index contributed by atoms with van der Waals surface area (Å²) in [7, 11) is 0.866. The van der Waals surface area contributed by atoms with Crippen LogP contribution >= 0.6 is 0 Å². The topological polar surface area (TPSA) is 79.0 Å². The molecule has 0 radical (unpaired) electrons. The number of sulfonamides is 1. The summed E-state index contributed by atoms with van der Waals surface area (Å²) >= 11 is 0. The van der Waals surface area contributed by atoms with Crippen molar-refractivity contribution in [1.82, 2.24) is 4.31 Å². The molecule has 1 aliphatic rings. The second-order valence-corrected chi connectivity index (χ2v) is 9.10. The molecule has 0 aliphatic carbocycles. The molecular weight excluding hydrogens is 378 g/mol. The smallest absolute Gasteiger partial charge is 0.246 e. The molecule has 1 atom stereocenters. The maximum absolute atomic E-state index is 12.9. The first-order chi connectivity index (χ1) is 13.3. The maximum atomic E-state index is 12.9. The summed E-state index contributed by atoms with van der Waals surface area (Å²) in [5.41, 5.74) is 2.54. The lowest BCUT2D eigenvalue weighted by atomic mass is 10.1. The molecule has 0 aromatic heterocycles. The first-order valence-corrected chi connectivity index (χ1v) is 10.4. The quantitative estimate of drug-likeness (QED) is 0.801. The SMILES string of the molecule is COc1ccc(S(=O)(=O)N(C)C)cc1NCC(=O)N1c2ccccc2C[C@H]1C. The summed E-state index contributed by atoms with van der Waals surface area (Å²) in [6, 6.07) is 12.5. The van der Waals surface area contributed by atoms with E-state index in [9.17, 15) is 13.2 Å². The van der Waals surface area contributed by atoms with E-state index in [0.29, 0.717) is 11.4 Å². The van der Waals surface area contributed by atoms with Gasteiger partial charge in [0.05, 0.1) is 24.2 Å². The van der Waals surface area contributed by atoms with Crippen molar-refractivity contribution in [2.75, 3.05) is 38.0 Å². The number of para-hydroxylation sites is 1. The third-order valence-corrected chi connectivity index (χ3v) is 6.67. The van der Waals surface area contributed by atoms with Gasteiger partial charge in [0, 0.05) is 25.8 Å². The number of fused-ring (bicyclic) bond motifs is 1. The first kappa shape index (κ1) is 20.2. The number of benzene rings is 2. The Labute approximate surface area is 166 Å². The fourth-order valence-corrected chi connectivity index (χ4v) is 4.33. The minimum absolute atomic E-state index is 0.0283. The van der Waals surface area contributed by atoms with Gasteiger partial charge >= 0.3 is 0 Å². The molecule has 0 saturated carbocycles. The summed E-state index contributed by atoms with van der Waals surface area (Å²) in [5.74, 6) is 0.390. The van der Waals surface area contributed by atoms with E-state index >= 15 is 0 Å². The van der Waals surface area contributed by atoms with Gasteiger partial charge in [-0.1, -0.05) is 18.2 Å². The number of carbonyl (C=O) groups is 1. The zero-order valence-corrected chi connectivity index (χ0v) is 17.3. The van der Waals surface area contributed by atoms with E-state index in [1.165, 1.54) is 33.3 Å². The molecule has 150 valence electrons. The van der Waals surface area contributed by atoms with Crippen LogP contribution in [0, 0.1) is 0 Å². The van der Waals surface area contributed by atoms with Gasteiger partial charge in [0.25, 0.3) is 0 Å². The van der Waals surface area contributed by atoms with Crippen molar-refractivity contribution < 1.29 is 17.9 Å². The highest BCUT2D eigenvalue weighted by atomic mass is 32.2. The average molecular weight is 404 g/mol. The molecular formula is C20H25N3O4S. The number of anilines is 2. The van der Waals surface area contributed by atoms with Gasteiger partial charge in [0.1, 0.15) is 5.75 Å². The van der Waals surface area contributed by atoms with E-state index in [1.54, 1.807) is 11.0 Å². The highest BCUT2D eigenvalue weighted by Gasteiger charge is 2.30. The van der Waals surface area contributed by atoms with Gasteiger partial charge < -0.3 is 15.0 Å². The number of hydrogen-bond donors (Lipinski definition) is 1. The number of carbonyl (C=O) groups excluding carboxylic acids is 1. The van der Waals surface area contributed by atoms with Crippen LogP contribution in [-0.2, 0) is 21.2 Å². The number of rotatable bonds is 6. The van der Waals surface area contributed by atoms with Gasteiger partial charge in [-0.05, 0) is 43.2 Å². The summed E-state index contributed by atoms with van der Waals surface area (Å²) in [5, 5.41) is 3.04. The minimum atomic E-state index is -3.58. The zero-order valence-electron chi connectivity index (χ0n) is 16.5. The zero-order chi connectivity index (χ0) is 20.5. The van der Waals surface area contributed by atoms with Gasteiger partial charge in [-0.2, -0.15) is 0 Å². The number of ether oxygens (including phenoxy) is 1. The van der Waals surface area contributed by atoms with Crippen LogP contribution in [0.15, 0.2) is 47.4 Å². The highest BCUT2D eigenvalue weighted by molar-refractivity contribution is 7.89. The van der Waals surface area contributed by atoms with Gasteiger partial charge in [-0.25, -0.2) is 12.7 Å². The van der Waals surface area contributed by atoms with Gasteiger partial charge in [0.2, 0.25) is 15.9 Å². The molecule has 0 unspecified atom stereocenters. The molecule has 0 saturated heterocycles. The van der Waals surface area contributed by atoms with Crippen molar-refractivity contribution in [3.05, 3.63) is 48.0 Å². The summed E-state index contributed by atoms with van der Waals surface area (Å²) in [4.78, 5) is 14.8. The normalized spacial score (nSPS) is 16.2. The minimum Gasteiger partial charge on any atom is -0.495 e. The third kappa shape index (κ3) is 3.70. The van der Waals surface area contributed by atoms with Gasteiger partial charge in [-0.3, -0.25) is 4.79 Å². The van der Waals surface area contributed by atoms with Crippen LogP contribution in [0.4, 0.5) is 11.4 Å². The van der Waals surface area contributed by atoms with Crippen LogP contribution in [0.5, 0.6) is 5.75 Å². The van der Waals surface area contributed by atoms with Crippen LogP contribution in [0.1, 0.15) is 12.5 Å². The Kier molecular flexibility index (Phi) is 5.62. The lowest BCUT2D eigenvalue weighted by Crippen LogP contribution is -2.39. The fraction of sp³-hybridized carbons (Fsp3) is 0.350. The Morgan fingerprint density at radius 1 is 1.25 bits per heavy atom. The van der Waals surface area contributed by atoms with Gasteiger partial charge in [0.15, 0.2) is 0 Å². The molecule has 1 heterocycles. The lowest BCUT2D eigenvalue weighted by Gasteiger charge is -2.23. The Bertz CT molecular complexity index is 989. The molecule has 3 rings (SSSR count). The first-order valence-electron chi connectivity index (χ1n) is 9.00. The largest absolute Gasteiger partial charge is 0.495 e. The molecule has 28 heavy (non-hydrogen) atoms. The molecule has 1 aliphatic heterocycles. The maximum Gasteiger partial charge on any atom is 0.246 e. The average Bonchev–Trinajstić information content (AvgIpc) is 3.01. The molecule has 0 fully saturated rings. The number of nitrogens with zero attached hydrogens (tertiary/aromatic N) is 2. The number of amides is 1. The van der Waals surface area contributed by atoms with Crippen LogP contribution in [0.2, 0.25) is 0 Å². The summed E-state index contributed by atoms with van der Waals surface area (Å²) in [6.07, 6.45) is 0.821. The fourth-order valence-electron chi connectivity index (χ4n) is 3.40. The van der Waals surface area contributed by atoms with Crippen molar-refractivity contribution in [2.24, 2.45) is 0 Å². The molecule has 2 aromatic carbocycles. The predicted octanol–water partition coefficient (Wildman–Crippen LogP) is 2.34. The second kappa shape index (κ2) is 7.81. The number of methoxy groups -OCH3 is 1. The van der Waals surface area contributed by atoms with Crippen molar-refractivity contribution >= 4 is 27.3 Å². The lowest BCUT2D eigenvalue weighted by molar-refractivity contribution is -0.117. The van der Waals surface area contributed by atoms with Crippen LogP contribution in [0.25, 0.3) is 0 Å². The second-order valence-electron chi connectivity index (χ2n) is 6.95. The summed E-state index contributed by atoms with van der Waals surface area (Å²) in [6.45, 7) is 2.04. The Morgan fingerprint density at radius 2 is 1.96 bits per heavy atom. The molecule has 2 aromatic rings. The number of hydrogen-bond acceptors (Lipinski definition) is 5. The molecule has 1 N–H and O–H groups in total. The van der Waals surface area contributed by atoms with E-state index in [4.69, 9.17) is 4.74 Å². The summed E-state index contributed by atoms with van der Waals surface area (Å²) < 4.78 is 31.2. The molecule has 7 nitrogen and oxygen atoms in total. The van der Waals surface area contributed by atoms with E-state index < -0.39 is 10.0 Å². The van der Waals surface area contributed by atoms with Crippen molar-refractivity contribution in [3.8, 4) is 5.75 Å². The van der Waals surface area contributed by atoms with Gasteiger partial charge in [-0.15, -0.1) is 0 Å². The van der Waals surface area contributed by atoms with E-state index in [-0.39, 0.29) is 23.4 Å². The van der Waals surface area contributed by atoms with E-state index in [1.807, 2.05) is 31.2 Å². The van der Waals surface area contributed by atoms with Crippen LogP contribution in [0.3, 0.4) is 0 Å². The standard InChI is InChI=1S/C20H25N3O4S/c1-14-11-15-7-5-6-8-18(15)23(14)20(24)13-21-17-12-16(9-10-19(17)27-4)28(25,26)22(2)3/h5-10,12,14,21H,11,13H2,1-4H3/t14-/m1/s1. The molecule has 0 spiro atoms. The number of nitrogens with one attached hydrogen (secondary N) is 1. The van der Waals surface area contributed by atoms with Crippen molar-refractivity contribution in [3.63, 3.8) is 0 Å². The predicted molar refractivity (Wildman–Crippen MR) is 109 cm³/mol. The molecule has 8 heteroatoms. The Balaban J connectivity index is 1.81.